The number of thiol groups is 3. The topological polar surface area (TPSA) is 4.93 Å². The van der Waals surface area contributed by atoms with Crippen LogP contribution in [0, 0.1) is 0 Å². The van der Waals surface area contributed by atoms with Crippen LogP contribution in [-0.4, -0.2) is 14.1 Å². The van der Waals surface area contributed by atoms with Gasteiger partial charge in [-0.3, -0.25) is 0 Å². The average Bonchev–Trinajstić information content (AvgIpc) is 2.92. The fourth-order valence-electron chi connectivity index (χ4n) is 2.08. The lowest BCUT2D eigenvalue weighted by molar-refractivity contribution is 0.561. The Kier molecular flexibility index (Phi) is 6.63. The predicted molar refractivity (Wildman–Crippen MR) is 121 cm³/mol. The van der Waals surface area contributed by atoms with Crippen LogP contribution in [0.5, 0.6) is 0 Å². The Bertz CT molecular complexity index is 794. The molecular weight excluding hydrogens is 362 g/mol. The first-order valence-electron chi connectivity index (χ1n) is 8.34. The smallest absolute Gasteiger partial charge is 0.0483 e. The lowest BCUT2D eigenvalue weighted by atomic mass is 9.98. The van der Waals surface area contributed by atoms with Crippen molar-refractivity contribution in [3.8, 4) is 0 Å². The van der Waals surface area contributed by atoms with Crippen molar-refractivity contribution in [3.63, 3.8) is 0 Å². The normalized spacial score (nSPS) is 12.0. The summed E-state index contributed by atoms with van der Waals surface area (Å²) in [6.07, 6.45) is 2.14. The van der Waals surface area contributed by atoms with Crippen LogP contribution in [0.2, 0.25) is 0 Å². The van der Waals surface area contributed by atoms with Crippen LogP contribution >= 0.6 is 37.9 Å². The first kappa shape index (κ1) is 20.3. The molecule has 0 spiro atoms. The molecule has 0 amide bonds. The second kappa shape index (κ2) is 8.15. The Labute approximate surface area is 168 Å². The summed E-state index contributed by atoms with van der Waals surface area (Å²) in [5, 5.41) is 1.29. The van der Waals surface area contributed by atoms with E-state index in [1.807, 2.05) is 12.1 Å². The number of benzene rings is 2. The fraction of sp³-hybridized carbons (Fsp3) is 0.333. The van der Waals surface area contributed by atoms with Crippen LogP contribution in [0.25, 0.3) is 10.9 Å². The minimum Gasteiger partial charge on any atom is -0.343 e. The minimum atomic E-state index is -0.00386. The molecule has 25 heavy (non-hydrogen) atoms. The second-order valence-electron chi connectivity index (χ2n) is 7.29. The molecule has 0 N–H and O–H groups in total. The van der Waals surface area contributed by atoms with Crippen LogP contribution in [0.3, 0.4) is 0 Å². The summed E-state index contributed by atoms with van der Waals surface area (Å²) < 4.78 is 2.26. The summed E-state index contributed by atoms with van der Waals surface area (Å²) >= 11 is 13.0. The molecule has 0 radical (unpaired) electrons. The summed E-state index contributed by atoms with van der Waals surface area (Å²) in [7, 11) is 0. The van der Waals surface area contributed by atoms with Crippen LogP contribution in [0.1, 0.15) is 33.3 Å². The van der Waals surface area contributed by atoms with Gasteiger partial charge in [0.25, 0.3) is 0 Å². The van der Waals surface area contributed by atoms with E-state index in [-0.39, 0.29) is 9.49 Å². The zero-order valence-corrected chi connectivity index (χ0v) is 18.0. The Morgan fingerprint density at radius 2 is 1.36 bits per heavy atom. The molecular formula is C21H27NS3. The van der Waals surface area contributed by atoms with Crippen molar-refractivity contribution in [2.45, 2.75) is 48.6 Å². The zero-order valence-electron chi connectivity index (χ0n) is 15.3. The van der Waals surface area contributed by atoms with Gasteiger partial charge < -0.3 is 4.57 Å². The van der Waals surface area contributed by atoms with E-state index in [4.69, 9.17) is 0 Å². The van der Waals surface area contributed by atoms with E-state index < -0.39 is 0 Å². The van der Waals surface area contributed by atoms with Crippen molar-refractivity contribution < 1.29 is 0 Å². The van der Waals surface area contributed by atoms with Gasteiger partial charge in [0.2, 0.25) is 0 Å². The van der Waals surface area contributed by atoms with Crippen molar-refractivity contribution in [3.05, 3.63) is 66.4 Å². The highest BCUT2D eigenvalue weighted by atomic mass is 32.1. The van der Waals surface area contributed by atoms with E-state index >= 15 is 0 Å². The van der Waals surface area contributed by atoms with Gasteiger partial charge >= 0.3 is 0 Å². The van der Waals surface area contributed by atoms with Gasteiger partial charge in [-0.15, -0.1) is 12.6 Å². The lowest BCUT2D eigenvalue weighted by Gasteiger charge is -2.32. The Balaban J connectivity index is 0.000000242. The van der Waals surface area contributed by atoms with Crippen molar-refractivity contribution in [1.82, 2.24) is 4.57 Å². The highest BCUT2D eigenvalue weighted by molar-refractivity contribution is 7.86. The molecule has 1 nitrogen and oxygen atoms in total. The Hall–Kier alpha value is -0.970. The summed E-state index contributed by atoms with van der Waals surface area (Å²) in [4.78, 5) is 1.01. The fourth-order valence-corrected chi connectivity index (χ4v) is 2.23. The zero-order chi connectivity index (χ0) is 18.7. The maximum Gasteiger partial charge on any atom is 0.0483 e. The van der Waals surface area contributed by atoms with Gasteiger partial charge in [0.05, 0.1) is 0 Å². The van der Waals surface area contributed by atoms with Crippen LogP contribution in [0.15, 0.2) is 65.7 Å². The quantitative estimate of drug-likeness (QED) is 0.427. The van der Waals surface area contributed by atoms with Gasteiger partial charge in [-0.25, -0.2) is 0 Å². The Morgan fingerprint density at radius 1 is 0.800 bits per heavy atom. The van der Waals surface area contributed by atoms with Gasteiger partial charge in [0.15, 0.2) is 0 Å². The summed E-state index contributed by atoms with van der Waals surface area (Å²) in [5.41, 5.74) is 2.58. The number of aromatic nitrogens is 1. The maximum absolute atomic E-state index is 4.36. The first-order valence-corrected chi connectivity index (χ1v) is 9.68. The Morgan fingerprint density at radius 3 is 1.92 bits per heavy atom. The summed E-state index contributed by atoms with van der Waals surface area (Å²) in [6.45, 7) is 9.14. The molecule has 0 unspecified atom stereocenters. The van der Waals surface area contributed by atoms with Crippen LogP contribution in [-0.2, 0) is 6.54 Å². The molecule has 4 heteroatoms. The minimum absolute atomic E-state index is 0.00386. The molecule has 1 aromatic heterocycles. The number of fused-ring (bicyclic) bond motifs is 1. The standard InChI is InChI=1S/C15H13NS.C6H14S2/c17-14-7-5-12(6-8-14)11-16-10-9-13-3-1-2-4-15(13)16;1-5(2,7)6(3,4)8/h1-10,17H,11H2;7-8H,1-4H3. The SMILES string of the molecule is CC(C)(S)C(C)(C)S.Sc1ccc(Cn2ccc3ccccc32)cc1. The van der Waals surface area contributed by atoms with Gasteiger partial charge in [-0.1, -0.05) is 30.3 Å². The molecule has 0 aliphatic carbocycles. The molecule has 0 saturated heterocycles. The molecule has 0 bridgehead atoms. The number of rotatable bonds is 3. The first-order chi connectivity index (χ1) is 11.6. The molecule has 0 fully saturated rings. The van der Waals surface area contributed by atoms with E-state index in [1.165, 1.54) is 16.5 Å². The number of nitrogens with zero attached hydrogens (tertiary/aromatic N) is 1. The third-order valence-electron chi connectivity index (χ3n) is 4.47. The van der Waals surface area contributed by atoms with E-state index in [9.17, 15) is 0 Å². The van der Waals surface area contributed by atoms with E-state index in [1.54, 1.807) is 0 Å². The number of hydrogen-bond acceptors (Lipinski definition) is 3. The van der Waals surface area contributed by atoms with Crippen molar-refractivity contribution in [2.24, 2.45) is 0 Å². The molecule has 0 aliphatic heterocycles. The molecule has 3 aromatic rings. The van der Waals surface area contributed by atoms with E-state index in [0.29, 0.717) is 0 Å². The molecule has 3 rings (SSSR count). The molecule has 1 heterocycles. The molecule has 0 atom stereocenters. The summed E-state index contributed by atoms with van der Waals surface area (Å²) in [5.74, 6) is 0. The highest BCUT2D eigenvalue weighted by Crippen LogP contribution is 2.32. The van der Waals surface area contributed by atoms with Crippen molar-refractivity contribution in [2.75, 3.05) is 0 Å². The van der Waals surface area contributed by atoms with Crippen molar-refractivity contribution >= 4 is 48.8 Å². The molecule has 2 aromatic carbocycles. The van der Waals surface area contributed by atoms with Crippen LogP contribution < -0.4 is 0 Å². The largest absolute Gasteiger partial charge is 0.343 e. The van der Waals surface area contributed by atoms with Gasteiger partial charge in [0, 0.05) is 32.6 Å². The van der Waals surface area contributed by atoms with Gasteiger partial charge in [0.1, 0.15) is 0 Å². The lowest BCUT2D eigenvalue weighted by Crippen LogP contribution is -2.34. The number of para-hydroxylation sites is 1. The predicted octanol–water partition coefficient (Wildman–Crippen LogP) is 6.38. The van der Waals surface area contributed by atoms with Gasteiger partial charge in [-0.2, -0.15) is 25.3 Å². The molecule has 0 aliphatic rings. The van der Waals surface area contributed by atoms with Crippen LogP contribution in [0.4, 0.5) is 0 Å². The van der Waals surface area contributed by atoms with Crippen molar-refractivity contribution in [1.29, 1.82) is 0 Å². The van der Waals surface area contributed by atoms with Gasteiger partial charge in [-0.05, 0) is 62.9 Å². The molecule has 0 saturated carbocycles. The second-order valence-corrected chi connectivity index (χ2v) is 10.0. The monoisotopic (exact) mass is 389 g/mol. The third kappa shape index (κ3) is 5.77. The number of hydrogen-bond donors (Lipinski definition) is 3. The van der Waals surface area contributed by atoms with E-state index in [0.717, 1.165) is 11.4 Å². The highest BCUT2D eigenvalue weighted by Gasteiger charge is 2.29. The average molecular weight is 390 g/mol. The summed E-state index contributed by atoms with van der Waals surface area (Å²) in [6, 6.07) is 18.9. The maximum atomic E-state index is 4.36. The molecule has 134 valence electrons. The van der Waals surface area contributed by atoms with E-state index in [2.05, 4.69) is 119 Å². The third-order valence-corrected chi connectivity index (χ3v) is 6.06.